The maximum atomic E-state index is 12.6. The van der Waals surface area contributed by atoms with Gasteiger partial charge in [0.15, 0.2) is 6.61 Å². The van der Waals surface area contributed by atoms with Crippen LogP contribution in [0.15, 0.2) is 66.7 Å². The molecule has 1 aliphatic rings. The summed E-state index contributed by atoms with van der Waals surface area (Å²) in [6.45, 7) is -0.550. The maximum Gasteiger partial charge on any atom is 0.339 e. The Kier molecular flexibility index (Phi) is 4.30. The van der Waals surface area contributed by atoms with Crippen molar-refractivity contribution in [1.82, 2.24) is 0 Å². The van der Waals surface area contributed by atoms with E-state index in [1.54, 1.807) is 36.4 Å². The first-order valence-electron chi connectivity index (χ1n) is 8.47. The number of hydrogen-bond acceptors (Lipinski definition) is 4. The summed E-state index contributed by atoms with van der Waals surface area (Å²) in [5, 5.41) is 4.40. The molecule has 0 radical (unpaired) electrons. The molecule has 3 aromatic carbocycles. The fourth-order valence-electron chi connectivity index (χ4n) is 3.14. The van der Waals surface area contributed by atoms with Crippen molar-refractivity contribution < 1.29 is 19.1 Å². The summed E-state index contributed by atoms with van der Waals surface area (Å²) in [7, 11) is 0. The molecule has 0 spiro atoms. The van der Waals surface area contributed by atoms with Crippen LogP contribution < -0.4 is 10.2 Å². The Hall–Kier alpha value is -3.67. The van der Waals surface area contributed by atoms with E-state index >= 15 is 0 Å². The highest BCUT2D eigenvalue weighted by atomic mass is 16.5. The molecule has 1 heterocycles. The molecular formula is C21H16N2O4. The molecule has 6 heteroatoms. The van der Waals surface area contributed by atoms with Gasteiger partial charge in [-0.2, -0.15) is 0 Å². The summed E-state index contributed by atoms with van der Waals surface area (Å²) in [4.78, 5) is 38.2. The summed E-state index contributed by atoms with van der Waals surface area (Å²) in [5.41, 5.74) is 1.54. The van der Waals surface area contributed by atoms with Crippen LogP contribution in [0.2, 0.25) is 0 Å². The second kappa shape index (κ2) is 6.92. The zero-order chi connectivity index (χ0) is 18.8. The quantitative estimate of drug-likeness (QED) is 0.729. The van der Waals surface area contributed by atoms with Crippen LogP contribution in [-0.4, -0.2) is 30.9 Å². The summed E-state index contributed by atoms with van der Waals surface area (Å²) >= 11 is 0. The first kappa shape index (κ1) is 16.8. The lowest BCUT2D eigenvalue weighted by Crippen LogP contribution is -2.44. The van der Waals surface area contributed by atoms with Crippen LogP contribution >= 0.6 is 0 Å². The number of rotatable bonds is 3. The zero-order valence-electron chi connectivity index (χ0n) is 14.3. The largest absolute Gasteiger partial charge is 0.452 e. The lowest BCUT2D eigenvalue weighted by Gasteiger charge is -2.28. The molecule has 1 aliphatic heterocycles. The molecular weight excluding hydrogens is 344 g/mol. The molecule has 134 valence electrons. The van der Waals surface area contributed by atoms with Gasteiger partial charge in [-0.3, -0.25) is 14.5 Å². The lowest BCUT2D eigenvalue weighted by atomic mass is 10.1. The molecule has 1 N–H and O–H groups in total. The Bertz CT molecular complexity index is 1060. The van der Waals surface area contributed by atoms with Crippen LogP contribution in [0.5, 0.6) is 0 Å². The van der Waals surface area contributed by atoms with Gasteiger partial charge in [0, 0.05) is 0 Å². The molecule has 3 aromatic rings. The van der Waals surface area contributed by atoms with Crippen molar-refractivity contribution in [2.75, 3.05) is 23.4 Å². The monoisotopic (exact) mass is 360 g/mol. The van der Waals surface area contributed by atoms with Gasteiger partial charge in [0.05, 0.1) is 16.9 Å². The first-order chi connectivity index (χ1) is 13.1. The average Bonchev–Trinajstić information content (AvgIpc) is 2.70. The van der Waals surface area contributed by atoms with Crippen molar-refractivity contribution in [1.29, 1.82) is 0 Å². The Morgan fingerprint density at radius 1 is 0.963 bits per heavy atom. The Balaban J connectivity index is 1.51. The Labute approximate surface area is 155 Å². The fourth-order valence-corrected chi connectivity index (χ4v) is 3.14. The number of carbonyl (C=O) groups is 3. The average molecular weight is 360 g/mol. The van der Waals surface area contributed by atoms with E-state index in [1.165, 1.54) is 4.90 Å². The number of nitrogens with one attached hydrogen (secondary N) is 1. The van der Waals surface area contributed by atoms with Crippen LogP contribution in [0, 0.1) is 0 Å². The predicted octanol–water partition coefficient (Wildman–Crippen LogP) is 2.98. The van der Waals surface area contributed by atoms with Crippen LogP contribution in [0.25, 0.3) is 10.8 Å². The third-order valence-corrected chi connectivity index (χ3v) is 4.41. The molecule has 0 atom stereocenters. The van der Waals surface area contributed by atoms with Gasteiger partial charge in [0.25, 0.3) is 5.91 Å². The van der Waals surface area contributed by atoms with Crippen LogP contribution in [0.1, 0.15) is 10.4 Å². The number of amides is 2. The third-order valence-electron chi connectivity index (χ3n) is 4.41. The van der Waals surface area contributed by atoms with Gasteiger partial charge in [0.1, 0.15) is 6.54 Å². The Morgan fingerprint density at radius 3 is 2.59 bits per heavy atom. The normalized spacial score (nSPS) is 13.0. The minimum Gasteiger partial charge on any atom is -0.452 e. The van der Waals surface area contributed by atoms with Crippen LogP contribution in [-0.2, 0) is 14.3 Å². The molecule has 0 fully saturated rings. The fraction of sp³-hybridized carbons (Fsp3) is 0.0952. The number of hydrogen-bond donors (Lipinski definition) is 1. The molecule has 4 rings (SSSR count). The Morgan fingerprint density at radius 2 is 1.70 bits per heavy atom. The number of fused-ring (bicyclic) bond motifs is 2. The topological polar surface area (TPSA) is 75.7 Å². The van der Waals surface area contributed by atoms with Gasteiger partial charge in [-0.25, -0.2) is 4.79 Å². The number of benzene rings is 3. The highest BCUT2D eigenvalue weighted by Gasteiger charge is 2.27. The van der Waals surface area contributed by atoms with E-state index in [-0.39, 0.29) is 12.5 Å². The van der Waals surface area contributed by atoms with Crippen molar-refractivity contribution in [2.45, 2.75) is 0 Å². The smallest absolute Gasteiger partial charge is 0.339 e. The summed E-state index contributed by atoms with van der Waals surface area (Å²) < 4.78 is 5.24. The second-order valence-corrected chi connectivity index (χ2v) is 6.15. The summed E-state index contributed by atoms with van der Waals surface area (Å²) in [6.07, 6.45) is 0. The van der Waals surface area contributed by atoms with Gasteiger partial charge in [-0.05, 0) is 29.0 Å². The van der Waals surface area contributed by atoms with E-state index in [1.807, 2.05) is 30.3 Å². The van der Waals surface area contributed by atoms with E-state index < -0.39 is 18.5 Å². The zero-order valence-corrected chi connectivity index (χ0v) is 14.3. The van der Waals surface area contributed by atoms with Crippen molar-refractivity contribution in [2.24, 2.45) is 0 Å². The number of ether oxygens (including phenoxy) is 1. The molecule has 0 saturated carbocycles. The van der Waals surface area contributed by atoms with E-state index in [0.29, 0.717) is 16.9 Å². The van der Waals surface area contributed by atoms with Gasteiger partial charge in [-0.1, -0.05) is 48.5 Å². The van der Waals surface area contributed by atoms with Gasteiger partial charge < -0.3 is 10.1 Å². The van der Waals surface area contributed by atoms with Gasteiger partial charge in [-0.15, -0.1) is 0 Å². The second-order valence-electron chi connectivity index (χ2n) is 6.15. The van der Waals surface area contributed by atoms with Gasteiger partial charge in [0.2, 0.25) is 5.91 Å². The van der Waals surface area contributed by atoms with Gasteiger partial charge >= 0.3 is 5.97 Å². The van der Waals surface area contributed by atoms with Crippen molar-refractivity contribution in [3.63, 3.8) is 0 Å². The number of esters is 1. The number of para-hydroxylation sites is 2. The molecule has 27 heavy (non-hydrogen) atoms. The molecule has 0 saturated heterocycles. The minimum absolute atomic E-state index is 0.109. The predicted molar refractivity (Wildman–Crippen MR) is 102 cm³/mol. The minimum atomic E-state index is -0.574. The van der Waals surface area contributed by atoms with Crippen molar-refractivity contribution in [3.8, 4) is 0 Å². The first-order valence-corrected chi connectivity index (χ1v) is 8.47. The van der Waals surface area contributed by atoms with Crippen LogP contribution in [0.4, 0.5) is 11.4 Å². The lowest BCUT2D eigenvalue weighted by molar-refractivity contribution is -0.124. The summed E-state index contributed by atoms with van der Waals surface area (Å²) in [6, 6.07) is 19.8. The molecule has 6 nitrogen and oxygen atoms in total. The van der Waals surface area contributed by atoms with Crippen LogP contribution in [0.3, 0.4) is 0 Å². The SMILES string of the molecule is O=C1CN(C(=O)COC(=O)c2cccc3ccccc23)c2ccccc2N1. The number of anilines is 2. The number of nitrogens with zero attached hydrogens (tertiary/aromatic N) is 1. The standard InChI is InChI=1S/C21H16N2O4/c24-19-12-23(18-11-4-3-10-17(18)22-19)20(25)13-27-21(26)16-9-5-7-14-6-1-2-8-15(14)16/h1-11H,12-13H2,(H,22,24). The third kappa shape index (κ3) is 3.25. The highest BCUT2D eigenvalue weighted by Crippen LogP contribution is 2.29. The molecule has 0 aliphatic carbocycles. The molecule has 0 unspecified atom stereocenters. The molecule has 0 aromatic heterocycles. The number of carbonyl (C=O) groups excluding carboxylic acids is 3. The maximum absolute atomic E-state index is 12.6. The molecule has 2 amide bonds. The van der Waals surface area contributed by atoms with E-state index in [4.69, 9.17) is 4.74 Å². The van der Waals surface area contributed by atoms with E-state index in [9.17, 15) is 14.4 Å². The van der Waals surface area contributed by atoms with E-state index in [0.717, 1.165) is 10.8 Å². The van der Waals surface area contributed by atoms with Crippen molar-refractivity contribution >= 4 is 39.9 Å². The van der Waals surface area contributed by atoms with Crippen molar-refractivity contribution in [3.05, 3.63) is 72.3 Å². The summed E-state index contributed by atoms with van der Waals surface area (Å²) in [5.74, 6) is -1.32. The molecule has 0 bridgehead atoms. The van der Waals surface area contributed by atoms with E-state index in [2.05, 4.69) is 5.32 Å². The highest BCUT2D eigenvalue weighted by molar-refractivity contribution is 6.11.